The highest BCUT2D eigenvalue weighted by atomic mass is 16.6. The average molecular weight is 245 g/mol. The van der Waals surface area contributed by atoms with E-state index < -0.39 is 11.1 Å². The van der Waals surface area contributed by atoms with E-state index in [-0.39, 0.29) is 11.5 Å². The van der Waals surface area contributed by atoms with Gasteiger partial charge in [-0.2, -0.15) is 0 Å². The van der Waals surface area contributed by atoms with Crippen LogP contribution >= 0.6 is 0 Å². The molecule has 1 amide bonds. The van der Waals surface area contributed by atoms with Gasteiger partial charge in [0.1, 0.15) is 11.1 Å². The van der Waals surface area contributed by atoms with Crippen molar-refractivity contribution in [1.82, 2.24) is 5.32 Å². The lowest BCUT2D eigenvalue weighted by Crippen LogP contribution is -2.57. The first-order valence-corrected chi connectivity index (χ1v) is 6.40. The van der Waals surface area contributed by atoms with Crippen LogP contribution in [0.15, 0.2) is 24.3 Å². The Morgan fingerprint density at radius 1 is 1.11 bits per heavy atom. The maximum Gasteiger partial charge on any atom is 0.408 e. The Labute approximate surface area is 108 Å². The minimum absolute atomic E-state index is 0.0111. The van der Waals surface area contributed by atoms with Crippen molar-refractivity contribution in [3.63, 3.8) is 0 Å². The molecule has 3 heteroatoms. The van der Waals surface area contributed by atoms with Crippen molar-refractivity contribution in [2.75, 3.05) is 0 Å². The minimum Gasteiger partial charge on any atom is -0.440 e. The first-order chi connectivity index (χ1) is 8.29. The highest BCUT2D eigenvalue weighted by Crippen LogP contribution is 2.53. The van der Waals surface area contributed by atoms with Gasteiger partial charge in [0.15, 0.2) is 0 Å². The molecule has 0 saturated carbocycles. The van der Waals surface area contributed by atoms with Gasteiger partial charge in [-0.3, -0.25) is 0 Å². The fourth-order valence-corrected chi connectivity index (χ4v) is 3.68. The zero-order valence-electron chi connectivity index (χ0n) is 11.3. The number of carbonyl (C=O) groups is 1. The molecule has 0 bridgehead atoms. The van der Waals surface area contributed by atoms with Gasteiger partial charge in [0.2, 0.25) is 0 Å². The van der Waals surface area contributed by atoms with Crippen molar-refractivity contribution >= 4 is 6.09 Å². The maximum absolute atomic E-state index is 11.7. The molecule has 1 saturated heterocycles. The van der Waals surface area contributed by atoms with Crippen LogP contribution in [-0.4, -0.2) is 11.7 Å². The molecule has 1 aliphatic heterocycles. The Morgan fingerprint density at radius 2 is 1.72 bits per heavy atom. The second kappa shape index (κ2) is 3.08. The van der Waals surface area contributed by atoms with Gasteiger partial charge < -0.3 is 10.1 Å². The van der Waals surface area contributed by atoms with Crippen LogP contribution in [0.1, 0.15) is 45.2 Å². The summed E-state index contributed by atoms with van der Waals surface area (Å²) in [6.45, 7) is 8.51. The summed E-state index contributed by atoms with van der Waals surface area (Å²) in [5, 5.41) is 3.01. The van der Waals surface area contributed by atoms with Crippen LogP contribution in [0.3, 0.4) is 0 Å². The average Bonchev–Trinajstić information content (AvgIpc) is 2.48. The molecule has 0 aromatic heterocycles. The van der Waals surface area contributed by atoms with Gasteiger partial charge in [0, 0.05) is 0 Å². The zero-order valence-corrected chi connectivity index (χ0v) is 11.3. The third kappa shape index (κ3) is 1.22. The lowest BCUT2D eigenvalue weighted by molar-refractivity contribution is -0.0137. The van der Waals surface area contributed by atoms with Crippen molar-refractivity contribution in [2.24, 2.45) is 0 Å². The third-order valence-electron chi connectivity index (χ3n) is 4.70. The Balaban J connectivity index is 2.29. The van der Waals surface area contributed by atoms with Crippen molar-refractivity contribution in [2.45, 2.75) is 50.7 Å². The van der Waals surface area contributed by atoms with E-state index in [9.17, 15) is 4.79 Å². The van der Waals surface area contributed by atoms with Crippen molar-refractivity contribution in [1.29, 1.82) is 0 Å². The second-order valence-electron chi connectivity index (χ2n) is 6.48. The number of carbonyl (C=O) groups excluding carboxylic acids is 1. The van der Waals surface area contributed by atoms with Gasteiger partial charge in [-0.1, -0.05) is 38.1 Å². The van der Waals surface area contributed by atoms with Gasteiger partial charge in [-0.15, -0.1) is 0 Å². The number of hydrogen-bond donors (Lipinski definition) is 1. The molecule has 1 aliphatic carbocycles. The molecule has 2 aliphatic rings. The van der Waals surface area contributed by atoms with E-state index in [1.54, 1.807) is 0 Å². The molecular formula is C15H19NO2. The summed E-state index contributed by atoms with van der Waals surface area (Å²) in [5.74, 6) is 0. The molecule has 18 heavy (non-hydrogen) atoms. The molecule has 3 nitrogen and oxygen atoms in total. The van der Waals surface area contributed by atoms with Gasteiger partial charge in [-0.25, -0.2) is 4.79 Å². The normalized spacial score (nSPS) is 36.3. The van der Waals surface area contributed by atoms with Gasteiger partial charge in [0.25, 0.3) is 0 Å². The predicted molar refractivity (Wildman–Crippen MR) is 69.5 cm³/mol. The van der Waals surface area contributed by atoms with Crippen LogP contribution in [0.25, 0.3) is 0 Å². The number of benzene rings is 1. The van der Waals surface area contributed by atoms with E-state index in [2.05, 4.69) is 44.3 Å². The van der Waals surface area contributed by atoms with Crippen molar-refractivity contribution in [3.05, 3.63) is 35.4 Å². The Bertz CT molecular complexity index is 537. The highest BCUT2D eigenvalue weighted by Gasteiger charge is 2.61. The van der Waals surface area contributed by atoms with Gasteiger partial charge in [-0.05, 0) is 36.8 Å². The monoisotopic (exact) mass is 245 g/mol. The minimum atomic E-state index is -0.484. The summed E-state index contributed by atoms with van der Waals surface area (Å²) in [7, 11) is 0. The summed E-state index contributed by atoms with van der Waals surface area (Å²) >= 11 is 0. The number of rotatable bonds is 0. The Morgan fingerprint density at radius 3 is 2.39 bits per heavy atom. The predicted octanol–water partition coefficient (Wildman–Crippen LogP) is 3.08. The molecule has 1 aromatic carbocycles. The number of fused-ring (bicyclic) bond motifs is 3. The van der Waals surface area contributed by atoms with Crippen LogP contribution < -0.4 is 5.32 Å². The SMILES string of the molecule is CC1(C)CC2(C)OC(=O)NC2(C)c2ccccc21. The van der Waals surface area contributed by atoms with E-state index in [0.29, 0.717) is 0 Å². The standard InChI is InChI=1S/C15H19NO2/c1-13(2)9-14(3)15(4,16-12(17)18-14)11-8-6-5-7-10(11)13/h5-8H,9H2,1-4H3,(H,16,17). The van der Waals surface area contributed by atoms with E-state index in [4.69, 9.17) is 4.74 Å². The summed E-state index contributed by atoms with van der Waals surface area (Å²) in [6, 6.07) is 8.34. The topological polar surface area (TPSA) is 38.3 Å². The van der Waals surface area contributed by atoms with Crippen molar-refractivity contribution < 1.29 is 9.53 Å². The smallest absolute Gasteiger partial charge is 0.408 e. The zero-order chi connectivity index (χ0) is 13.2. The third-order valence-corrected chi connectivity index (χ3v) is 4.70. The van der Waals surface area contributed by atoms with Crippen LogP contribution in [0.5, 0.6) is 0 Å². The summed E-state index contributed by atoms with van der Waals surface area (Å²) in [4.78, 5) is 11.7. The summed E-state index contributed by atoms with van der Waals surface area (Å²) < 4.78 is 5.60. The molecule has 0 radical (unpaired) electrons. The maximum atomic E-state index is 11.7. The van der Waals surface area contributed by atoms with Crippen LogP contribution in [0, 0.1) is 0 Å². The Hall–Kier alpha value is -1.51. The summed E-state index contributed by atoms with van der Waals surface area (Å²) in [5.41, 5.74) is 1.57. The lowest BCUT2D eigenvalue weighted by atomic mass is 9.59. The van der Waals surface area contributed by atoms with Crippen LogP contribution in [0.4, 0.5) is 4.79 Å². The van der Waals surface area contributed by atoms with E-state index in [0.717, 1.165) is 6.42 Å². The molecule has 0 spiro atoms. The fraction of sp³-hybridized carbons (Fsp3) is 0.533. The van der Waals surface area contributed by atoms with E-state index in [1.807, 2.05) is 13.0 Å². The molecule has 1 N–H and O–H groups in total. The molecule has 96 valence electrons. The highest BCUT2D eigenvalue weighted by molar-refractivity contribution is 5.74. The number of amides is 1. The Kier molecular flexibility index (Phi) is 1.98. The number of alkyl carbamates (subject to hydrolysis) is 1. The first kappa shape index (κ1) is 11.6. The number of nitrogens with one attached hydrogen (secondary N) is 1. The fourth-order valence-electron chi connectivity index (χ4n) is 3.68. The van der Waals surface area contributed by atoms with Gasteiger partial charge >= 0.3 is 6.09 Å². The largest absolute Gasteiger partial charge is 0.440 e. The van der Waals surface area contributed by atoms with E-state index >= 15 is 0 Å². The molecule has 1 fully saturated rings. The lowest BCUT2D eigenvalue weighted by Gasteiger charge is -2.49. The van der Waals surface area contributed by atoms with E-state index in [1.165, 1.54) is 11.1 Å². The number of hydrogen-bond acceptors (Lipinski definition) is 2. The molecule has 3 rings (SSSR count). The summed E-state index contributed by atoms with van der Waals surface area (Å²) in [6.07, 6.45) is 0.513. The molecule has 2 unspecified atom stereocenters. The van der Waals surface area contributed by atoms with Gasteiger partial charge in [0.05, 0.1) is 0 Å². The van der Waals surface area contributed by atoms with Crippen LogP contribution in [-0.2, 0) is 15.7 Å². The second-order valence-corrected chi connectivity index (χ2v) is 6.48. The molecule has 1 heterocycles. The molecule has 1 aromatic rings. The van der Waals surface area contributed by atoms with Crippen molar-refractivity contribution in [3.8, 4) is 0 Å². The molecule has 2 atom stereocenters. The first-order valence-electron chi connectivity index (χ1n) is 6.40. The quantitative estimate of drug-likeness (QED) is 0.762. The number of ether oxygens (including phenoxy) is 1. The molecular weight excluding hydrogens is 226 g/mol. The van der Waals surface area contributed by atoms with Crippen LogP contribution in [0.2, 0.25) is 0 Å².